The second-order valence-electron chi connectivity index (χ2n) is 5.31. The summed E-state index contributed by atoms with van der Waals surface area (Å²) in [5.41, 5.74) is 1.69. The summed E-state index contributed by atoms with van der Waals surface area (Å²) in [5, 5.41) is 0.910. The highest BCUT2D eigenvalue weighted by atomic mass is 32.1. The maximum Gasteiger partial charge on any atom is 0.266 e. The van der Waals surface area contributed by atoms with E-state index in [1.165, 1.54) is 11.3 Å². The molecule has 116 valence electrons. The van der Waals surface area contributed by atoms with Gasteiger partial charge in [-0.05, 0) is 26.8 Å². The smallest absolute Gasteiger partial charge is 0.266 e. The van der Waals surface area contributed by atoms with Crippen LogP contribution in [0.25, 0.3) is 0 Å². The Kier molecular flexibility index (Phi) is 4.17. The van der Waals surface area contributed by atoms with E-state index < -0.39 is 0 Å². The molecule has 2 aromatic heterocycles. The Hall–Kier alpha value is -1.86. The molecule has 2 aromatic rings. The van der Waals surface area contributed by atoms with Gasteiger partial charge in [-0.25, -0.2) is 15.0 Å². The molecular formula is C15H18N4O2S. The number of ether oxygens (including phenoxy) is 1. The van der Waals surface area contributed by atoms with Crippen LogP contribution in [0.4, 0.5) is 0 Å². The third-order valence-electron chi connectivity index (χ3n) is 3.55. The molecule has 1 aliphatic rings. The van der Waals surface area contributed by atoms with E-state index in [0.29, 0.717) is 30.4 Å². The SMILES string of the molecule is Cc1ccnc([C@H]2CN(C(=O)c3sc(C)nc3C)CCO2)n1. The first-order chi connectivity index (χ1) is 10.5. The highest BCUT2D eigenvalue weighted by Gasteiger charge is 2.29. The van der Waals surface area contributed by atoms with Crippen LogP contribution in [0, 0.1) is 20.8 Å². The first kappa shape index (κ1) is 15.1. The van der Waals surface area contributed by atoms with Gasteiger partial charge >= 0.3 is 0 Å². The van der Waals surface area contributed by atoms with Crippen molar-refractivity contribution in [2.24, 2.45) is 0 Å². The van der Waals surface area contributed by atoms with E-state index in [2.05, 4.69) is 15.0 Å². The van der Waals surface area contributed by atoms with Crippen molar-refractivity contribution in [2.75, 3.05) is 19.7 Å². The summed E-state index contributed by atoms with van der Waals surface area (Å²) in [6.45, 7) is 7.25. The summed E-state index contributed by atoms with van der Waals surface area (Å²) in [7, 11) is 0. The average Bonchev–Trinajstić information content (AvgIpc) is 2.85. The standard InChI is InChI=1S/C15H18N4O2S/c1-9-4-5-16-14(17-9)12-8-19(6-7-21-12)15(20)13-10(2)18-11(3)22-13/h4-5,12H,6-8H2,1-3H3/t12-/m1/s1. The number of aromatic nitrogens is 3. The van der Waals surface area contributed by atoms with Crippen molar-refractivity contribution in [3.05, 3.63) is 39.4 Å². The van der Waals surface area contributed by atoms with Crippen LogP contribution in [0.2, 0.25) is 0 Å². The number of hydrogen-bond donors (Lipinski definition) is 0. The minimum atomic E-state index is -0.271. The van der Waals surface area contributed by atoms with Crippen LogP contribution in [0.3, 0.4) is 0 Å². The summed E-state index contributed by atoms with van der Waals surface area (Å²) in [4.78, 5) is 28.2. The lowest BCUT2D eigenvalue weighted by molar-refractivity contribution is -0.0267. The van der Waals surface area contributed by atoms with Gasteiger partial charge in [0.05, 0.1) is 23.9 Å². The van der Waals surface area contributed by atoms with E-state index in [0.717, 1.165) is 16.4 Å². The second-order valence-corrected chi connectivity index (χ2v) is 6.52. The molecule has 0 unspecified atom stereocenters. The molecule has 6 nitrogen and oxygen atoms in total. The van der Waals surface area contributed by atoms with Gasteiger partial charge in [-0.15, -0.1) is 11.3 Å². The van der Waals surface area contributed by atoms with Crippen LogP contribution in [0.1, 0.15) is 38.0 Å². The number of morpholine rings is 1. The van der Waals surface area contributed by atoms with Crippen molar-refractivity contribution in [3.8, 4) is 0 Å². The number of carbonyl (C=O) groups excluding carboxylic acids is 1. The van der Waals surface area contributed by atoms with Crippen molar-refractivity contribution < 1.29 is 9.53 Å². The number of carbonyl (C=O) groups is 1. The summed E-state index contributed by atoms with van der Waals surface area (Å²) >= 11 is 1.44. The minimum Gasteiger partial charge on any atom is -0.367 e. The van der Waals surface area contributed by atoms with E-state index in [4.69, 9.17) is 4.74 Å². The van der Waals surface area contributed by atoms with E-state index >= 15 is 0 Å². The number of aryl methyl sites for hydroxylation is 3. The van der Waals surface area contributed by atoms with Crippen LogP contribution in [0.5, 0.6) is 0 Å². The topological polar surface area (TPSA) is 68.2 Å². The highest BCUT2D eigenvalue weighted by Crippen LogP contribution is 2.24. The molecule has 1 atom stereocenters. The second kappa shape index (κ2) is 6.10. The molecule has 0 aliphatic carbocycles. The molecule has 0 spiro atoms. The Bertz CT molecular complexity index is 701. The van der Waals surface area contributed by atoms with Crippen LogP contribution >= 0.6 is 11.3 Å². The molecule has 0 aromatic carbocycles. The summed E-state index contributed by atoms with van der Waals surface area (Å²) in [6.07, 6.45) is 1.45. The zero-order valence-electron chi connectivity index (χ0n) is 12.9. The number of thiazole rings is 1. The number of hydrogen-bond acceptors (Lipinski definition) is 6. The van der Waals surface area contributed by atoms with Crippen molar-refractivity contribution in [2.45, 2.75) is 26.9 Å². The van der Waals surface area contributed by atoms with Gasteiger partial charge in [0.2, 0.25) is 0 Å². The van der Waals surface area contributed by atoms with Gasteiger partial charge < -0.3 is 9.64 Å². The first-order valence-corrected chi connectivity index (χ1v) is 8.00. The molecule has 0 saturated carbocycles. The Balaban J connectivity index is 1.78. The summed E-state index contributed by atoms with van der Waals surface area (Å²) < 4.78 is 5.74. The number of amides is 1. The van der Waals surface area contributed by atoms with Gasteiger partial charge in [0.1, 0.15) is 11.0 Å². The number of nitrogens with zero attached hydrogens (tertiary/aromatic N) is 4. The molecule has 1 saturated heterocycles. The van der Waals surface area contributed by atoms with Gasteiger partial charge in [-0.1, -0.05) is 0 Å². The molecule has 7 heteroatoms. The lowest BCUT2D eigenvalue weighted by Gasteiger charge is -2.32. The Morgan fingerprint density at radius 2 is 2.18 bits per heavy atom. The van der Waals surface area contributed by atoms with Gasteiger partial charge in [-0.2, -0.15) is 0 Å². The molecule has 22 heavy (non-hydrogen) atoms. The fourth-order valence-electron chi connectivity index (χ4n) is 2.49. The molecule has 1 aliphatic heterocycles. The molecule has 1 amide bonds. The van der Waals surface area contributed by atoms with Crippen LogP contribution < -0.4 is 0 Å². The monoisotopic (exact) mass is 318 g/mol. The van der Waals surface area contributed by atoms with Crippen LogP contribution in [0.15, 0.2) is 12.3 Å². The molecule has 0 N–H and O–H groups in total. The average molecular weight is 318 g/mol. The predicted octanol–water partition coefficient (Wildman–Crippen LogP) is 2.07. The highest BCUT2D eigenvalue weighted by molar-refractivity contribution is 7.13. The van der Waals surface area contributed by atoms with Crippen LogP contribution in [-0.2, 0) is 4.74 Å². The Morgan fingerprint density at radius 1 is 1.36 bits per heavy atom. The van der Waals surface area contributed by atoms with Crippen molar-refractivity contribution >= 4 is 17.2 Å². The first-order valence-electron chi connectivity index (χ1n) is 7.19. The lowest BCUT2D eigenvalue weighted by atomic mass is 10.2. The van der Waals surface area contributed by atoms with E-state index in [1.54, 1.807) is 11.1 Å². The summed E-state index contributed by atoms with van der Waals surface area (Å²) in [6, 6.07) is 1.85. The molecule has 1 fully saturated rings. The quantitative estimate of drug-likeness (QED) is 0.848. The Labute approximate surface area is 133 Å². The van der Waals surface area contributed by atoms with Crippen molar-refractivity contribution in [1.29, 1.82) is 0 Å². The van der Waals surface area contributed by atoms with E-state index in [1.807, 2.05) is 26.8 Å². The van der Waals surface area contributed by atoms with E-state index in [9.17, 15) is 4.79 Å². The molecule has 3 rings (SSSR count). The third-order valence-corrected chi connectivity index (χ3v) is 4.61. The predicted molar refractivity (Wildman–Crippen MR) is 83.0 cm³/mol. The summed E-state index contributed by atoms with van der Waals surface area (Å²) in [5.74, 6) is 0.652. The Morgan fingerprint density at radius 3 is 2.86 bits per heavy atom. The zero-order valence-corrected chi connectivity index (χ0v) is 13.7. The molecular weight excluding hydrogens is 300 g/mol. The minimum absolute atomic E-state index is 0.0176. The van der Waals surface area contributed by atoms with Gasteiger partial charge in [0.25, 0.3) is 5.91 Å². The lowest BCUT2D eigenvalue weighted by Crippen LogP contribution is -2.42. The van der Waals surface area contributed by atoms with Crippen LogP contribution in [-0.4, -0.2) is 45.5 Å². The van der Waals surface area contributed by atoms with Gasteiger partial charge in [0, 0.05) is 18.4 Å². The number of rotatable bonds is 2. The molecule has 3 heterocycles. The fourth-order valence-corrected chi connectivity index (χ4v) is 3.37. The fraction of sp³-hybridized carbons (Fsp3) is 0.467. The molecule has 0 radical (unpaired) electrons. The largest absolute Gasteiger partial charge is 0.367 e. The van der Waals surface area contributed by atoms with E-state index in [-0.39, 0.29) is 12.0 Å². The van der Waals surface area contributed by atoms with Crippen molar-refractivity contribution in [1.82, 2.24) is 19.9 Å². The maximum absolute atomic E-state index is 12.7. The maximum atomic E-state index is 12.7. The zero-order chi connectivity index (χ0) is 15.7. The molecule has 0 bridgehead atoms. The van der Waals surface area contributed by atoms with Crippen molar-refractivity contribution in [3.63, 3.8) is 0 Å². The normalized spacial score (nSPS) is 18.5. The van der Waals surface area contributed by atoms with Gasteiger partial charge in [-0.3, -0.25) is 4.79 Å². The van der Waals surface area contributed by atoms with Gasteiger partial charge in [0.15, 0.2) is 5.82 Å². The third kappa shape index (κ3) is 3.00.